The van der Waals surface area contributed by atoms with E-state index in [1.54, 1.807) is 0 Å². The molecule has 1 aliphatic heterocycles. The van der Waals surface area contributed by atoms with E-state index in [0.717, 1.165) is 6.54 Å². The average Bonchev–Trinajstić information content (AvgIpc) is 3.12. The number of unbranched alkanes of at least 4 members (excludes halogenated alkanes) is 2. The molecule has 0 aliphatic carbocycles. The van der Waals surface area contributed by atoms with Crippen LogP contribution in [-0.4, -0.2) is 29.5 Å². The molecule has 1 aromatic heterocycles. The molecule has 4 rings (SSSR count). The molecule has 0 amide bonds. The van der Waals surface area contributed by atoms with Gasteiger partial charge in [-0.3, -0.25) is 4.90 Å². The minimum absolute atomic E-state index is 0. The number of rotatable bonds is 7. The number of hydrogen-bond donors (Lipinski definition) is 1. The van der Waals surface area contributed by atoms with Gasteiger partial charge in [-0.15, -0.1) is 12.4 Å². The van der Waals surface area contributed by atoms with Gasteiger partial charge in [-0.25, -0.2) is 0 Å². The first-order valence-corrected chi connectivity index (χ1v) is 9.92. The van der Waals surface area contributed by atoms with Crippen LogP contribution in [0.2, 0.25) is 0 Å². The molecule has 3 heteroatoms. The van der Waals surface area contributed by atoms with Gasteiger partial charge in [0.1, 0.15) is 0 Å². The van der Waals surface area contributed by atoms with E-state index in [4.69, 9.17) is 0 Å². The minimum atomic E-state index is 0. The fourth-order valence-electron chi connectivity index (χ4n) is 3.99. The summed E-state index contributed by atoms with van der Waals surface area (Å²) in [7, 11) is 0. The van der Waals surface area contributed by atoms with Crippen LogP contribution in [0.4, 0.5) is 0 Å². The van der Waals surface area contributed by atoms with Crippen molar-refractivity contribution in [1.29, 1.82) is 0 Å². The third-order valence-corrected chi connectivity index (χ3v) is 5.53. The Kier molecular flexibility index (Phi) is 7.14. The summed E-state index contributed by atoms with van der Waals surface area (Å²) in [5.41, 5.74) is 5.64. The Morgan fingerprint density at radius 3 is 2.52 bits per heavy atom. The monoisotopic (exact) mass is 380 g/mol. The summed E-state index contributed by atoms with van der Waals surface area (Å²) in [6, 6.07) is 19.4. The van der Waals surface area contributed by atoms with Gasteiger partial charge in [0.05, 0.1) is 0 Å². The topological polar surface area (TPSA) is 19.0 Å². The van der Waals surface area contributed by atoms with Crippen LogP contribution in [0.1, 0.15) is 36.8 Å². The van der Waals surface area contributed by atoms with Gasteiger partial charge in [0, 0.05) is 30.2 Å². The number of nitrogens with one attached hydrogen (secondary N) is 1. The Bertz CT molecular complexity index is 866. The van der Waals surface area contributed by atoms with E-state index < -0.39 is 0 Å². The number of H-pyrrole nitrogens is 1. The van der Waals surface area contributed by atoms with E-state index in [0.29, 0.717) is 0 Å². The predicted molar refractivity (Wildman–Crippen MR) is 119 cm³/mol. The van der Waals surface area contributed by atoms with E-state index in [1.807, 2.05) is 0 Å². The number of fused-ring (bicyclic) bond motifs is 1. The standard InChI is InChI=1S/C24H28N2.ClH/c1-3-9-20(10-4-1)21-14-17-26(18-15-21)16-8-2-5-11-22-19-25-24-13-7-6-12-23(22)24;/h1,3-4,6-7,9-10,12-14,19,25H,2,5,8,11,15-18H2;1H. The first kappa shape index (κ1) is 19.7. The minimum Gasteiger partial charge on any atom is -0.361 e. The molecule has 0 bridgehead atoms. The molecule has 1 aliphatic rings. The highest BCUT2D eigenvalue weighted by molar-refractivity contribution is 5.85. The number of nitrogens with zero attached hydrogens (tertiary/aromatic N) is 1. The number of aromatic nitrogens is 1. The highest BCUT2D eigenvalue weighted by Crippen LogP contribution is 2.23. The first-order chi connectivity index (χ1) is 12.9. The van der Waals surface area contributed by atoms with Crippen LogP contribution in [-0.2, 0) is 6.42 Å². The van der Waals surface area contributed by atoms with Crippen LogP contribution in [0, 0.1) is 0 Å². The molecule has 0 saturated carbocycles. The molecule has 2 nitrogen and oxygen atoms in total. The van der Waals surface area contributed by atoms with Crippen molar-refractivity contribution in [3.63, 3.8) is 0 Å². The Morgan fingerprint density at radius 1 is 0.889 bits per heavy atom. The SMILES string of the molecule is C1=C(c2ccccc2)CCN(CCCCCc2c[nH]c3ccccc23)C1.Cl. The van der Waals surface area contributed by atoms with Crippen molar-refractivity contribution in [3.05, 3.63) is 78.0 Å². The van der Waals surface area contributed by atoms with Gasteiger partial charge >= 0.3 is 0 Å². The zero-order chi connectivity index (χ0) is 17.6. The predicted octanol–water partition coefficient (Wildman–Crippen LogP) is 6.09. The number of aryl methyl sites for hydroxylation is 1. The smallest absolute Gasteiger partial charge is 0.0456 e. The van der Waals surface area contributed by atoms with Gasteiger partial charge in [0.25, 0.3) is 0 Å². The Morgan fingerprint density at radius 2 is 1.70 bits per heavy atom. The first-order valence-electron chi connectivity index (χ1n) is 9.92. The second kappa shape index (κ2) is 9.77. The summed E-state index contributed by atoms with van der Waals surface area (Å²) in [5, 5.41) is 1.39. The molecule has 0 unspecified atom stereocenters. The summed E-state index contributed by atoms with van der Waals surface area (Å²) in [5.74, 6) is 0. The second-order valence-corrected chi connectivity index (χ2v) is 7.32. The van der Waals surface area contributed by atoms with Crippen molar-refractivity contribution in [1.82, 2.24) is 9.88 Å². The maximum absolute atomic E-state index is 3.38. The molecule has 2 heterocycles. The number of aromatic amines is 1. The molecule has 1 N–H and O–H groups in total. The van der Waals surface area contributed by atoms with Crippen molar-refractivity contribution >= 4 is 28.9 Å². The van der Waals surface area contributed by atoms with E-state index in [-0.39, 0.29) is 12.4 Å². The Hall–Kier alpha value is -2.03. The number of halogens is 1. The zero-order valence-corrected chi connectivity index (χ0v) is 16.7. The second-order valence-electron chi connectivity index (χ2n) is 7.32. The third kappa shape index (κ3) is 5.03. The van der Waals surface area contributed by atoms with Gasteiger partial charge in [-0.05, 0) is 55.0 Å². The largest absolute Gasteiger partial charge is 0.361 e. The number of hydrogen-bond acceptors (Lipinski definition) is 1. The Balaban J connectivity index is 0.00000210. The maximum atomic E-state index is 3.38. The maximum Gasteiger partial charge on any atom is 0.0456 e. The van der Waals surface area contributed by atoms with E-state index in [2.05, 4.69) is 76.8 Å². The Labute approximate surface area is 168 Å². The van der Waals surface area contributed by atoms with Crippen LogP contribution >= 0.6 is 12.4 Å². The van der Waals surface area contributed by atoms with Crippen molar-refractivity contribution in [2.45, 2.75) is 32.1 Å². The highest BCUT2D eigenvalue weighted by atomic mass is 35.5. The van der Waals surface area contributed by atoms with E-state index >= 15 is 0 Å². The van der Waals surface area contributed by atoms with Gasteiger partial charge in [0.2, 0.25) is 0 Å². The molecule has 2 aromatic carbocycles. The molecular formula is C24H29ClN2. The van der Waals surface area contributed by atoms with E-state index in [1.165, 1.54) is 72.8 Å². The fraction of sp³-hybridized carbons (Fsp3) is 0.333. The van der Waals surface area contributed by atoms with Gasteiger partial charge in [0.15, 0.2) is 0 Å². The van der Waals surface area contributed by atoms with Crippen LogP contribution in [0.3, 0.4) is 0 Å². The summed E-state index contributed by atoms with van der Waals surface area (Å²) < 4.78 is 0. The summed E-state index contributed by atoms with van der Waals surface area (Å²) >= 11 is 0. The lowest BCUT2D eigenvalue weighted by Gasteiger charge is -2.26. The van der Waals surface area contributed by atoms with Crippen molar-refractivity contribution in [2.24, 2.45) is 0 Å². The quantitative estimate of drug-likeness (QED) is 0.491. The van der Waals surface area contributed by atoms with Crippen molar-refractivity contribution in [3.8, 4) is 0 Å². The molecule has 27 heavy (non-hydrogen) atoms. The van der Waals surface area contributed by atoms with Gasteiger partial charge in [-0.2, -0.15) is 0 Å². The lowest BCUT2D eigenvalue weighted by molar-refractivity contribution is 0.294. The molecule has 0 saturated heterocycles. The van der Waals surface area contributed by atoms with Crippen LogP contribution in [0.25, 0.3) is 16.5 Å². The normalized spacial score (nSPS) is 14.7. The number of benzene rings is 2. The average molecular weight is 381 g/mol. The lowest BCUT2D eigenvalue weighted by Crippen LogP contribution is -2.29. The molecule has 0 spiro atoms. The number of para-hydroxylation sites is 1. The highest BCUT2D eigenvalue weighted by Gasteiger charge is 2.12. The molecule has 0 atom stereocenters. The summed E-state index contributed by atoms with van der Waals surface area (Å²) in [6.45, 7) is 3.53. The molecular weight excluding hydrogens is 352 g/mol. The molecule has 0 radical (unpaired) electrons. The zero-order valence-electron chi connectivity index (χ0n) is 15.9. The van der Waals surface area contributed by atoms with Crippen LogP contribution in [0.5, 0.6) is 0 Å². The van der Waals surface area contributed by atoms with E-state index in [9.17, 15) is 0 Å². The molecule has 3 aromatic rings. The van der Waals surface area contributed by atoms with Crippen molar-refractivity contribution in [2.75, 3.05) is 19.6 Å². The third-order valence-electron chi connectivity index (χ3n) is 5.53. The van der Waals surface area contributed by atoms with Crippen molar-refractivity contribution < 1.29 is 0 Å². The van der Waals surface area contributed by atoms with Gasteiger partial charge in [-0.1, -0.05) is 61.0 Å². The van der Waals surface area contributed by atoms with Crippen LogP contribution in [0.15, 0.2) is 66.9 Å². The summed E-state index contributed by atoms with van der Waals surface area (Å²) in [6.07, 6.45) is 10.9. The van der Waals surface area contributed by atoms with Crippen LogP contribution < -0.4 is 0 Å². The fourth-order valence-corrected chi connectivity index (χ4v) is 3.99. The summed E-state index contributed by atoms with van der Waals surface area (Å²) in [4.78, 5) is 5.98. The molecule has 142 valence electrons. The molecule has 0 fully saturated rings. The lowest BCUT2D eigenvalue weighted by atomic mass is 9.99. The van der Waals surface area contributed by atoms with Gasteiger partial charge < -0.3 is 4.98 Å².